The summed E-state index contributed by atoms with van der Waals surface area (Å²) in [4.78, 5) is 41.9. The van der Waals surface area contributed by atoms with Gasteiger partial charge in [-0.05, 0) is 71.3 Å². The van der Waals surface area contributed by atoms with Crippen LogP contribution in [0.4, 0.5) is 0 Å². The van der Waals surface area contributed by atoms with E-state index in [9.17, 15) is 14.4 Å². The van der Waals surface area contributed by atoms with Crippen LogP contribution in [-0.2, 0) is 13.1 Å². The summed E-state index contributed by atoms with van der Waals surface area (Å²) in [5.41, 5.74) is 3.78. The second kappa shape index (κ2) is 8.62. The molecule has 1 aromatic heterocycles. The molecular formula is C24H19N3O4. The number of fused-ring (bicyclic) bond motifs is 1. The Balaban J connectivity index is 1.46. The quantitative estimate of drug-likeness (QED) is 0.668. The molecule has 0 saturated heterocycles. The van der Waals surface area contributed by atoms with E-state index in [-0.39, 0.29) is 17.4 Å². The number of hydrogen-bond donors (Lipinski definition) is 2. The predicted molar refractivity (Wildman–Crippen MR) is 114 cm³/mol. The van der Waals surface area contributed by atoms with Gasteiger partial charge in [0.2, 0.25) is 0 Å². The molecule has 0 radical (unpaired) electrons. The van der Waals surface area contributed by atoms with E-state index in [1.54, 1.807) is 30.7 Å². The van der Waals surface area contributed by atoms with Crippen molar-refractivity contribution in [3.05, 3.63) is 107 Å². The van der Waals surface area contributed by atoms with Crippen molar-refractivity contribution in [3.8, 4) is 0 Å². The summed E-state index contributed by atoms with van der Waals surface area (Å²) in [6, 6.07) is 14.9. The van der Waals surface area contributed by atoms with E-state index in [1.807, 2.05) is 24.3 Å². The van der Waals surface area contributed by atoms with E-state index >= 15 is 0 Å². The minimum atomic E-state index is -1.04. The molecule has 1 aliphatic heterocycles. The summed E-state index contributed by atoms with van der Waals surface area (Å²) < 4.78 is 0. The molecule has 7 heteroatoms. The number of benzene rings is 2. The lowest BCUT2D eigenvalue weighted by molar-refractivity contribution is 0.0695. The van der Waals surface area contributed by atoms with Crippen LogP contribution in [0.1, 0.15) is 47.8 Å². The summed E-state index contributed by atoms with van der Waals surface area (Å²) in [5.74, 6) is -1.48. The minimum Gasteiger partial charge on any atom is -0.478 e. The van der Waals surface area contributed by atoms with Gasteiger partial charge in [-0.1, -0.05) is 6.07 Å². The van der Waals surface area contributed by atoms with Gasteiger partial charge < -0.3 is 15.3 Å². The Kier molecular flexibility index (Phi) is 5.57. The van der Waals surface area contributed by atoms with Crippen molar-refractivity contribution in [3.63, 3.8) is 0 Å². The van der Waals surface area contributed by atoms with Crippen LogP contribution in [0.3, 0.4) is 0 Å². The molecule has 0 atom stereocenters. The van der Waals surface area contributed by atoms with Crippen LogP contribution >= 0.6 is 0 Å². The fourth-order valence-electron chi connectivity index (χ4n) is 3.30. The van der Waals surface area contributed by atoms with Crippen LogP contribution < -0.4 is 5.32 Å². The highest BCUT2D eigenvalue weighted by Gasteiger charge is 2.20. The van der Waals surface area contributed by atoms with E-state index in [1.165, 1.54) is 29.2 Å². The van der Waals surface area contributed by atoms with E-state index in [4.69, 9.17) is 5.11 Å². The summed E-state index contributed by atoms with van der Waals surface area (Å²) in [6.07, 6.45) is 6.86. The van der Waals surface area contributed by atoms with Gasteiger partial charge in [0, 0.05) is 36.3 Å². The third kappa shape index (κ3) is 4.51. The number of aromatic nitrogens is 1. The maximum atomic E-state index is 12.8. The number of aromatic carboxylic acids is 1. The molecular weight excluding hydrogens is 394 g/mol. The van der Waals surface area contributed by atoms with Gasteiger partial charge in [0.15, 0.2) is 0 Å². The van der Waals surface area contributed by atoms with Gasteiger partial charge in [-0.15, -0.1) is 0 Å². The van der Waals surface area contributed by atoms with Gasteiger partial charge in [0.05, 0.1) is 12.1 Å². The number of carbonyl (C=O) groups excluding carboxylic acids is 2. The molecule has 0 saturated carbocycles. The first-order valence-electron chi connectivity index (χ1n) is 9.64. The number of rotatable bonds is 5. The standard InChI is InChI=1S/C24H19N3O4/c28-22(26-14-16-7-10-25-11-8-16)20-6-1-17-9-12-27(15-21(17)13-20)23(29)18-2-4-19(5-3-18)24(30)31/h1-13H,14-15H2,(H,26,28)(H,30,31). The molecule has 2 aromatic carbocycles. The molecule has 154 valence electrons. The van der Waals surface area contributed by atoms with Crippen molar-refractivity contribution in [2.24, 2.45) is 0 Å². The first-order valence-corrected chi connectivity index (χ1v) is 9.64. The zero-order chi connectivity index (χ0) is 21.8. The Morgan fingerprint density at radius 1 is 0.935 bits per heavy atom. The Labute approximate surface area is 178 Å². The largest absolute Gasteiger partial charge is 0.478 e. The van der Waals surface area contributed by atoms with Crippen molar-refractivity contribution < 1.29 is 19.5 Å². The molecule has 0 aliphatic carbocycles. The molecule has 0 fully saturated rings. The Morgan fingerprint density at radius 2 is 1.61 bits per heavy atom. The Bertz CT molecular complexity index is 1170. The van der Waals surface area contributed by atoms with Gasteiger partial charge in [-0.3, -0.25) is 14.6 Å². The van der Waals surface area contributed by atoms with Crippen LogP contribution in [0.2, 0.25) is 0 Å². The van der Waals surface area contributed by atoms with Crippen molar-refractivity contribution in [1.82, 2.24) is 15.2 Å². The second-order valence-corrected chi connectivity index (χ2v) is 7.08. The third-order valence-corrected chi connectivity index (χ3v) is 5.02. The predicted octanol–water partition coefficient (Wildman–Crippen LogP) is 3.34. The van der Waals surface area contributed by atoms with Gasteiger partial charge in [-0.2, -0.15) is 0 Å². The fourth-order valence-corrected chi connectivity index (χ4v) is 3.30. The number of carboxylic acids is 1. The summed E-state index contributed by atoms with van der Waals surface area (Å²) >= 11 is 0. The SMILES string of the molecule is O=C(O)c1ccc(C(=O)N2C=Cc3ccc(C(=O)NCc4ccncc4)cc3C2)cc1. The number of nitrogens with zero attached hydrogens (tertiary/aromatic N) is 2. The maximum Gasteiger partial charge on any atom is 0.335 e. The lowest BCUT2D eigenvalue weighted by Gasteiger charge is -2.24. The Hall–Kier alpha value is -4.26. The first-order chi connectivity index (χ1) is 15.0. The lowest BCUT2D eigenvalue weighted by atomic mass is 10.00. The maximum absolute atomic E-state index is 12.8. The molecule has 0 spiro atoms. The lowest BCUT2D eigenvalue weighted by Crippen LogP contribution is -2.28. The van der Waals surface area contributed by atoms with Crippen LogP contribution in [-0.4, -0.2) is 32.8 Å². The molecule has 2 amide bonds. The molecule has 2 N–H and O–H groups in total. The fraction of sp³-hybridized carbons (Fsp3) is 0.0833. The van der Waals surface area contributed by atoms with Crippen LogP contribution in [0.5, 0.6) is 0 Å². The highest BCUT2D eigenvalue weighted by atomic mass is 16.4. The molecule has 3 aromatic rings. The van der Waals surface area contributed by atoms with Gasteiger partial charge in [-0.25, -0.2) is 4.79 Å². The van der Waals surface area contributed by atoms with Crippen molar-refractivity contribution >= 4 is 23.9 Å². The number of amides is 2. The highest BCUT2D eigenvalue weighted by Crippen LogP contribution is 2.23. The number of pyridine rings is 1. The highest BCUT2D eigenvalue weighted by molar-refractivity contribution is 5.97. The van der Waals surface area contributed by atoms with Gasteiger partial charge in [0.25, 0.3) is 11.8 Å². The van der Waals surface area contributed by atoms with Crippen LogP contribution in [0.15, 0.2) is 73.2 Å². The molecule has 0 bridgehead atoms. The topological polar surface area (TPSA) is 99.6 Å². The molecule has 1 aliphatic rings. The summed E-state index contributed by atoms with van der Waals surface area (Å²) in [7, 11) is 0. The van der Waals surface area contributed by atoms with Crippen molar-refractivity contribution in [2.45, 2.75) is 13.1 Å². The average Bonchev–Trinajstić information content (AvgIpc) is 2.82. The number of carboxylic acid groups (broad SMARTS) is 1. The van der Waals surface area contributed by atoms with Crippen LogP contribution in [0, 0.1) is 0 Å². The van der Waals surface area contributed by atoms with Gasteiger partial charge in [0.1, 0.15) is 0 Å². The summed E-state index contributed by atoms with van der Waals surface area (Å²) in [5, 5.41) is 11.9. The molecule has 31 heavy (non-hydrogen) atoms. The number of carbonyl (C=O) groups is 3. The monoisotopic (exact) mass is 413 g/mol. The zero-order valence-electron chi connectivity index (χ0n) is 16.5. The Morgan fingerprint density at radius 3 is 2.32 bits per heavy atom. The van der Waals surface area contributed by atoms with E-state index in [2.05, 4.69) is 10.3 Å². The van der Waals surface area contributed by atoms with Gasteiger partial charge >= 0.3 is 5.97 Å². The van der Waals surface area contributed by atoms with E-state index in [0.29, 0.717) is 24.2 Å². The average molecular weight is 413 g/mol. The molecule has 4 rings (SSSR count). The van der Waals surface area contributed by atoms with E-state index < -0.39 is 5.97 Å². The number of nitrogens with one attached hydrogen (secondary N) is 1. The molecule has 0 unspecified atom stereocenters. The second-order valence-electron chi connectivity index (χ2n) is 7.08. The minimum absolute atomic E-state index is 0.124. The van der Waals surface area contributed by atoms with E-state index in [0.717, 1.165) is 16.7 Å². The molecule has 7 nitrogen and oxygen atoms in total. The smallest absolute Gasteiger partial charge is 0.335 e. The molecule has 2 heterocycles. The normalized spacial score (nSPS) is 12.2. The summed E-state index contributed by atoms with van der Waals surface area (Å²) in [6.45, 7) is 0.714. The van der Waals surface area contributed by atoms with Crippen molar-refractivity contribution in [1.29, 1.82) is 0 Å². The third-order valence-electron chi connectivity index (χ3n) is 5.02. The zero-order valence-corrected chi connectivity index (χ0v) is 16.5. The van der Waals surface area contributed by atoms with Crippen molar-refractivity contribution in [2.75, 3.05) is 0 Å². The number of hydrogen-bond acceptors (Lipinski definition) is 4. The van der Waals surface area contributed by atoms with Crippen LogP contribution in [0.25, 0.3) is 6.08 Å². The first kappa shape index (κ1) is 20.0.